The first kappa shape index (κ1) is 14.5. The molecule has 1 aliphatic heterocycles. The Hall–Kier alpha value is -0.870. The molecule has 0 bridgehead atoms. The fourth-order valence-electron chi connectivity index (χ4n) is 2.34. The van der Waals surface area contributed by atoms with Gasteiger partial charge in [0.05, 0.1) is 6.10 Å². The van der Waals surface area contributed by atoms with E-state index in [0.29, 0.717) is 11.3 Å². The standard InChI is InChI=1S/C14H22ClN3O/c1-3-8-19-11-6-5-7-18(10-11)14-9-12(15)16-13(4-2)17-14/h9,11H,3-8,10H2,1-2H3. The number of anilines is 1. The molecule has 1 fully saturated rings. The van der Waals surface area contributed by atoms with E-state index in [0.717, 1.165) is 57.0 Å². The molecule has 5 heteroatoms. The fraction of sp³-hybridized carbons (Fsp3) is 0.714. The molecule has 106 valence electrons. The first-order valence-electron chi connectivity index (χ1n) is 7.13. The first-order chi connectivity index (χ1) is 9.22. The highest BCUT2D eigenvalue weighted by Crippen LogP contribution is 2.22. The largest absolute Gasteiger partial charge is 0.376 e. The van der Waals surface area contributed by atoms with Gasteiger partial charge in [0.2, 0.25) is 0 Å². The van der Waals surface area contributed by atoms with Crippen molar-refractivity contribution in [1.82, 2.24) is 9.97 Å². The van der Waals surface area contributed by atoms with Crippen LogP contribution in [-0.2, 0) is 11.2 Å². The number of aromatic nitrogens is 2. The van der Waals surface area contributed by atoms with Crippen LogP contribution in [0.3, 0.4) is 0 Å². The number of hydrogen-bond donors (Lipinski definition) is 0. The second kappa shape index (κ2) is 7.06. The van der Waals surface area contributed by atoms with Crippen molar-refractivity contribution in [3.8, 4) is 0 Å². The average Bonchev–Trinajstić information content (AvgIpc) is 2.44. The highest BCUT2D eigenvalue weighted by Gasteiger charge is 2.21. The Kier molecular flexibility index (Phi) is 5.40. The van der Waals surface area contributed by atoms with Crippen molar-refractivity contribution in [3.63, 3.8) is 0 Å². The summed E-state index contributed by atoms with van der Waals surface area (Å²) in [4.78, 5) is 11.0. The van der Waals surface area contributed by atoms with Crippen molar-refractivity contribution in [2.75, 3.05) is 24.6 Å². The maximum atomic E-state index is 6.06. The van der Waals surface area contributed by atoms with Crippen molar-refractivity contribution in [2.45, 2.75) is 45.6 Å². The smallest absolute Gasteiger partial charge is 0.134 e. The van der Waals surface area contributed by atoms with Crippen LogP contribution in [0, 0.1) is 0 Å². The number of ether oxygens (including phenoxy) is 1. The highest BCUT2D eigenvalue weighted by molar-refractivity contribution is 6.29. The van der Waals surface area contributed by atoms with Gasteiger partial charge in [-0.05, 0) is 19.3 Å². The van der Waals surface area contributed by atoms with Crippen LogP contribution in [-0.4, -0.2) is 35.8 Å². The van der Waals surface area contributed by atoms with Crippen LogP contribution in [0.4, 0.5) is 5.82 Å². The minimum Gasteiger partial charge on any atom is -0.376 e. The molecule has 0 saturated carbocycles. The number of piperidine rings is 1. The molecule has 0 N–H and O–H groups in total. The Labute approximate surface area is 120 Å². The molecule has 0 radical (unpaired) electrons. The minimum atomic E-state index is 0.313. The highest BCUT2D eigenvalue weighted by atomic mass is 35.5. The Morgan fingerprint density at radius 2 is 2.26 bits per heavy atom. The SMILES string of the molecule is CCCOC1CCCN(c2cc(Cl)nc(CC)n2)C1. The van der Waals surface area contributed by atoms with Gasteiger partial charge in [-0.25, -0.2) is 9.97 Å². The lowest BCUT2D eigenvalue weighted by molar-refractivity contribution is 0.0439. The molecule has 19 heavy (non-hydrogen) atoms. The fourth-order valence-corrected chi connectivity index (χ4v) is 2.53. The number of halogens is 1. The summed E-state index contributed by atoms with van der Waals surface area (Å²) in [5.41, 5.74) is 0. The predicted molar refractivity (Wildman–Crippen MR) is 77.9 cm³/mol. The molecule has 1 aromatic heterocycles. The van der Waals surface area contributed by atoms with Crippen molar-refractivity contribution in [2.24, 2.45) is 0 Å². The summed E-state index contributed by atoms with van der Waals surface area (Å²) in [5.74, 6) is 1.74. The van der Waals surface area contributed by atoms with E-state index >= 15 is 0 Å². The van der Waals surface area contributed by atoms with Gasteiger partial charge in [0.15, 0.2) is 0 Å². The Balaban J connectivity index is 2.06. The van der Waals surface area contributed by atoms with Crippen LogP contribution in [0.1, 0.15) is 38.9 Å². The molecule has 4 nitrogen and oxygen atoms in total. The molecule has 1 atom stereocenters. The number of aryl methyl sites for hydroxylation is 1. The summed E-state index contributed by atoms with van der Waals surface area (Å²) in [7, 11) is 0. The number of hydrogen-bond acceptors (Lipinski definition) is 4. The third-order valence-electron chi connectivity index (χ3n) is 3.30. The second-order valence-corrected chi connectivity index (χ2v) is 5.29. The van der Waals surface area contributed by atoms with Gasteiger partial charge >= 0.3 is 0 Å². The van der Waals surface area contributed by atoms with Gasteiger partial charge in [-0.2, -0.15) is 0 Å². The summed E-state index contributed by atoms with van der Waals surface area (Å²) in [5, 5.41) is 0.526. The van der Waals surface area contributed by atoms with E-state index in [1.165, 1.54) is 0 Å². The number of rotatable bonds is 5. The van der Waals surface area contributed by atoms with Crippen molar-refractivity contribution >= 4 is 17.4 Å². The summed E-state index contributed by atoms with van der Waals surface area (Å²) >= 11 is 6.06. The molecule has 1 unspecified atom stereocenters. The lowest BCUT2D eigenvalue weighted by Gasteiger charge is -2.33. The lowest BCUT2D eigenvalue weighted by Crippen LogP contribution is -2.40. The van der Waals surface area contributed by atoms with E-state index in [2.05, 4.69) is 21.8 Å². The van der Waals surface area contributed by atoms with Crippen LogP contribution >= 0.6 is 11.6 Å². The molecule has 0 aliphatic carbocycles. The van der Waals surface area contributed by atoms with Crippen LogP contribution in [0.15, 0.2) is 6.07 Å². The van der Waals surface area contributed by atoms with E-state index in [4.69, 9.17) is 16.3 Å². The number of nitrogens with zero attached hydrogens (tertiary/aromatic N) is 3. The van der Waals surface area contributed by atoms with Gasteiger partial charge < -0.3 is 9.64 Å². The third kappa shape index (κ3) is 4.05. The van der Waals surface area contributed by atoms with Crippen molar-refractivity contribution in [1.29, 1.82) is 0 Å². The third-order valence-corrected chi connectivity index (χ3v) is 3.50. The van der Waals surface area contributed by atoms with Crippen LogP contribution in [0.5, 0.6) is 0 Å². The second-order valence-electron chi connectivity index (χ2n) is 4.90. The Bertz CT molecular complexity index is 414. The minimum absolute atomic E-state index is 0.313. The van der Waals surface area contributed by atoms with E-state index in [1.807, 2.05) is 13.0 Å². The topological polar surface area (TPSA) is 38.2 Å². The monoisotopic (exact) mass is 283 g/mol. The van der Waals surface area contributed by atoms with Crippen LogP contribution in [0.2, 0.25) is 5.15 Å². The van der Waals surface area contributed by atoms with Gasteiger partial charge in [-0.15, -0.1) is 0 Å². The molecule has 1 aliphatic rings. The summed E-state index contributed by atoms with van der Waals surface area (Å²) in [6.45, 7) is 6.93. The normalized spacial score (nSPS) is 19.7. The van der Waals surface area contributed by atoms with Crippen molar-refractivity contribution in [3.05, 3.63) is 17.0 Å². The maximum Gasteiger partial charge on any atom is 0.134 e. The molecular formula is C14H22ClN3O. The quantitative estimate of drug-likeness (QED) is 0.779. The summed E-state index contributed by atoms with van der Waals surface area (Å²) in [6.07, 6.45) is 4.45. The molecule has 2 rings (SSSR count). The zero-order valence-electron chi connectivity index (χ0n) is 11.7. The molecule has 2 heterocycles. The van der Waals surface area contributed by atoms with Gasteiger partial charge in [0.25, 0.3) is 0 Å². The van der Waals surface area contributed by atoms with E-state index < -0.39 is 0 Å². The molecule has 0 spiro atoms. The molecular weight excluding hydrogens is 262 g/mol. The maximum absolute atomic E-state index is 6.06. The molecule has 0 amide bonds. The van der Waals surface area contributed by atoms with Gasteiger partial charge in [0, 0.05) is 32.2 Å². The Morgan fingerprint density at radius 3 is 3.00 bits per heavy atom. The van der Waals surface area contributed by atoms with Gasteiger partial charge in [0.1, 0.15) is 16.8 Å². The van der Waals surface area contributed by atoms with E-state index in [1.54, 1.807) is 0 Å². The summed E-state index contributed by atoms with van der Waals surface area (Å²) < 4.78 is 5.85. The van der Waals surface area contributed by atoms with Crippen LogP contribution in [0.25, 0.3) is 0 Å². The Morgan fingerprint density at radius 1 is 1.42 bits per heavy atom. The zero-order valence-corrected chi connectivity index (χ0v) is 12.5. The van der Waals surface area contributed by atoms with E-state index in [-0.39, 0.29) is 0 Å². The molecule has 1 aromatic rings. The summed E-state index contributed by atoms with van der Waals surface area (Å²) in [6, 6.07) is 1.85. The lowest BCUT2D eigenvalue weighted by atomic mass is 10.1. The van der Waals surface area contributed by atoms with Gasteiger partial charge in [-0.1, -0.05) is 25.4 Å². The molecule has 0 aromatic carbocycles. The average molecular weight is 284 g/mol. The van der Waals surface area contributed by atoms with Gasteiger partial charge in [-0.3, -0.25) is 0 Å². The first-order valence-corrected chi connectivity index (χ1v) is 7.50. The predicted octanol–water partition coefficient (Wildman–Crippen LogP) is 3.09. The van der Waals surface area contributed by atoms with E-state index in [9.17, 15) is 0 Å². The van der Waals surface area contributed by atoms with Crippen molar-refractivity contribution < 1.29 is 4.74 Å². The van der Waals surface area contributed by atoms with Crippen LogP contribution < -0.4 is 4.90 Å². The zero-order chi connectivity index (χ0) is 13.7. The molecule has 1 saturated heterocycles.